The lowest BCUT2D eigenvalue weighted by atomic mass is 9.70. The maximum absolute atomic E-state index is 13.4. The molecule has 3 aliphatic heterocycles. The van der Waals surface area contributed by atoms with Crippen molar-refractivity contribution in [1.29, 1.82) is 0 Å². The van der Waals surface area contributed by atoms with Crippen molar-refractivity contribution in [3.8, 4) is 5.75 Å². The summed E-state index contributed by atoms with van der Waals surface area (Å²) in [6.45, 7) is 4.21. The molecule has 0 unspecified atom stereocenters. The third-order valence-electron chi connectivity index (χ3n) is 11.1. The second-order valence-corrected chi connectivity index (χ2v) is 17.2. The molecule has 13 heteroatoms. The largest absolute Gasteiger partial charge is 0.487 e. The van der Waals surface area contributed by atoms with Crippen LogP contribution in [-0.2, 0) is 42.8 Å². The number of anilines is 1. The standard InChI is InChI=1S/C38H50ClN3O8S/c1-40-14-4-3-7-34(49-19-16-41-17-20-51(47,48)21-18-41)32-12-9-28(32)25-42-15-5-2-6-27-22-31(39)11-8-29(27)26-50-35-13-10-30(23-33(35)42)38(46,37(44)45)24-36(40)43/h3,7-8,10-11,13,22-23,28,32,34,46H,2,4-6,9,12,14-21,24-26H2,1H3,(H,44,45)/b7-3+/t28-,32+,34-,38+/m0/s1. The van der Waals surface area contributed by atoms with E-state index in [9.17, 15) is 28.2 Å². The number of hydrogen-bond donors (Lipinski definition) is 2. The topological polar surface area (TPSA) is 137 Å². The average Bonchev–Trinajstić information content (AvgIpc) is 3.11. The first kappa shape index (κ1) is 37.6. The van der Waals surface area contributed by atoms with Crippen molar-refractivity contribution < 1.29 is 37.7 Å². The Morgan fingerprint density at radius 3 is 2.61 bits per heavy atom. The van der Waals surface area contributed by atoms with Crippen LogP contribution in [0.3, 0.4) is 0 Å². The molecule has 2 bridgehead atoms. The van der Waals surface area contributed by atoms with Gasteiger partial charge in [-0.2, -0.15) is 0 Å². The number of amides is 1. The molecule has 2 aromatic rings. The zero-order valence-electron chi connectivity index (χ0n) is 29.3. The Bertz CT molecular complexity index is 1710. The van der Waals surface area contributed by atoms with Crippen LogP contribution in [-0.4, -0.2) is 111 Å². The Balaban J connectivity index is 1.31. The van der Waals surface area contributed by atoms with Crippen LogP contribution < -0.4 is 9.64 Å². The number of aliphatic hydroxyl groups is 1. The minimum atomic E-state index is -2.96. The molecule has 3 heterocycles. The van der Waals surface area contributed by atoms with Gasteiger partial charge in [-0.3, -0.25) is 9.69 Å². The summed E-state index contributed by atoms with van der Waals surface area (Å²) >= 11 is 6.36. The van der Waals surface area contributed by atoms with Crippen LogP contribution in [0.4, 0.5) is 5.69 Å². The van der Waals surface area contributed by atoms with Gasteiger partial charge in [0.25, 0.3) is 0 Å². The van der Waals surface area contributed by atoms with Gasteiger partial charge in [-0.05, 0) is 91.3 Å². The van der Waals surface area contributed by atoms with E-state index in [1.165, 1.54) is 4.90 Å². The van der Waals surface area contributed by atoms with Gasteiger partial charge in [0.2, 0.25) is 5.91 Å². The molecule has 1 saturated heterocycles. The Kier molecular flexibility index (Phi) is 12.0. The van der Waals surface area contributed by atoms with Gasteiger partial charge in [-0.15, -0.1) is 0 Å². The number of carbonyl (C=O) groups excluding carboxylic acids is 1. The van der Waals surface area contributed by atoms with Crippen LogP contribution in [0.5, 0.6) is 5.75 Å². The lowest BCUT2D eigenvalue weighted by Crippen LogP contribution is -2.45. The number of aliphatic carboxylic acids is 1. The quantitative estimate of drug-likeness (QED) is 0.427. The normalized spacial score (nSPS) is 28.3. The molecule has 1 amide bonds. The minimum absolute atomic E-state index is 0.134. The fraction of sp³-hybridized carbons (Fsp3) is 0.579. The van der Waals surface area contributed by atoms with Crippen LogP contribution >= 0.6 is 11.6 Å². The molecular weight excluding hydrogens is 694 g/mol. The summed E-state index contributed by atoms with van der Waals surface area (Å²) in [6, 6.07) is 10.8. The zero-order chi connectivity index (χ0) is 36.2. The lowest BCUT2D eigenvalue weighted by molar-refractivity contribution is -0.164. The second kappa shape index (κ2) is 16.2. The molecule has 2 fully saturated rings. The fourth-order valence-corrected chi connectivity index (χ4v) is 9.10. The summed E-state index contributed by atoms with van der Waals surface area (Å²) in [6.07, 6.45) is 8.55. The summed E-state index contributed by atoms with van der Waals surface area (Å²) in [4.78, 5) is 31.9. The molecule has 1 saturated carbocycles. The van der Waals surface area contributed by atoms with E-state index in [0.29, 0.717) is 75.4 Å². The van der Waals surface area contributed by atoms with Crippen molar-refractivity contribution >= 4 is 39.0 Å². The summed E-state index contributed by atoms with van der Waals surface area (Å²) in [7, 11) is -1.34. The minimum Gasteiger partial charge on any atom is -0.487 e. The molecule has 4 atom stereocenters. The van der Waals surface area contributed by atoms with Crippen LogP contribution in [0.2, 0.25) is 5.02 Å². The number of hydrogen-bond acceptors (Lipinski definition) is 9. The van der Waals surface area contributed by atoms with Gasteiger partial charge in [-0.1, -0.05) is 35.9 Å². The highest BCUT2D eigenvalue weighted by Crippen LogP contribution is 2.43. The number of carbonyl (C=O) groups is 2. The summed E-state index contributed by atoms with van der Waals surface area (Å²) in [5.41, 5.74) is 0.570. The summed E-state index contributed by atoms with van der Waals surface area (Å²) in [5, 5.41) is 22.7. The molecule has 2 N–H and O–H groups in total. The first-order valence-corrected chi connectivity index (χ1v) is 20.3. The van der Waals surface area contributed by atoms with Crippen molar-refractivity contribution in [2.45, 2.75) is 63.3 Å². The summed E-state index contributed by atoms with van der Waals surface area (Å²) < 4.78 is 36.9. The number of carboxylic acid groups (broad SMARTS) is 1. The number of benzene rings is 2. The van der Waals surface area contributed by atoms with E-state index in [0.717, 1.165) is 43.2 Å². The fourth-order valence-electron chi connectivity index (χ4n) is 7.62. The van der Waals surface area contributed by atoms with Crippen LogP contribution in [0.1, 0.15) is 55.2 Å². The highest BCUT2D eigenvalue weighted by Gasteiger charge is 2.43. The van der Waals surface area contributed by atoms with Crippen molar-refractivity contribution in [2.75, 3.05) is 69.3 Å². The summed E-state index contributed by atoms with van der Waals surface area (Å²) in [5.74, 6) is -0.498. The SMILES string of the molecule is CN1CC/C=C/[C@H](OCCN2CCS(=O)(=O)CC2)[C@@H]2CC[C@H]2CN2CCCCc3cc(Cl)ccc3COc3ccc(cc32)[C@@](O)(C(=O)O)CC1=O. The number of carboxylic acids is 1. The first-order valence-electron chi connectivity index (χ1n) is 18.1. The number of sulfone groups is 1. The van der Waals surface area contributed by atoms with Gasteiger partial charge in [-0.25, -0.2) is 13.2 Å². The Labute approximate surface area is 306 Å². The average molecular weight is 744 g/mol. The zero-order valence-corrected chi connectivity index (χ0v) is 30.9. The van der Waals surface area contributed by atoms with E-state index in [2.05, 4.69) is 15.9 Å². The lowest BCUT2D eigenvalue weighted by Gasteiger charge is -2.44. The Morgan fingerprint density at radius 2 is 1.86 bits per heavy atom. The van der Waals surface area contributed by atoms with Crippen molar-refractivity contribution in [3.63, 3.8) is 0 Å². The number of halogens is 1. The van der Waals surface area contributed by atoms with Gasteiger partial charge in [0.1, 0.15) is 12.4 Å². The van der Waals surface area contributed by atoms with Crippen LogP contribution in [0, 0.1) is 11.8 Å². The van der Waals surface area contributed by atoms with E-state index in [-0.39, 0.29) is 35.0 Å². The Hall–Kier alpha value is -3.16. The number of rotatable bonds is 5. The first-order chi connectivity index (χ1) is 24.4. The van der Waals surface area contributed by atoms with E-state index < -0.39 is 33.7 Å². The van der Waals surface area contributed by atoms with Crippen molar-refractivity contribution in [3.05, 3.63) is 70.3 Å². The molecule has 6 rings (SSSR count). The smallest absolute Gasteiger partial charge is 0.340 e. The van der Waals surface area contributed by atoms with E-state index >= 15 is 0 Å². The third-order valence-corrected chi connectivity index (χ3v) is 12.9. The number of fused-ring (bicyclic) bond motifs is 3. The molecule has 0 radical (unpaired) electrons. The molecule has 4 aliphatic rings. The highest BCUT2D eigenvalue weighted by atomic mass is 35.5. The van der Waals surface area contributed by atoms with Gasteiger partial charge in [0, 0.05) is 51.3 Å². The number of aryl methyl sites for hydroxylation is 1. The monoisotopic (exact) mass is 743 g/mol. The number of ether oxygens (including phenoxy) is 2. The third kappa shape index (κ3) is 9.08. The van der Waals surface area contributed by atoms with Crippen LogP contribution in [0.15, 0.2) is 48.6 Å². The Morgan fingerprint density at radius 1 is 1.06 bits per heavy atom. The second-order valence-electron chi connectivity index (χ2n) is 14.5. The molecule has 0 spiro atoms. The molecule has 2 aromatic carbocycles. The van der Waals surface area contributed by atoms with Gasteiger partial charge in [0.15, 0.2) is 15.4 Å². The predicted octanol–water partition coefficient (Wildman–Crippen LogP) is 4.28. The van der Waals surface area contributed by atoms with Crippen LogP contribution in [0.25, 0.3) is 0 Å². The van der Waals surface area contributed by atoms with E-state index in [1.54, 1.807) is 25.2 Å². The maximum atomic E-state index is 13.4. The number of nitrogens with zero attached hydrogens (tertiary/aromatic N) is 3. The predicted molar refractivity (Wildman–Crippen MR) is 196 cm³/mol. The van der Waals surface area contributed by atoms with E-state index in [1.807, 2.05) is 24.3 Å². The van der Waals surface area contributed by atoms with Gasteiger partial charge < -0.3 is 29.5 Å². The molecule has 11 nitrogen and oxygen atoms in total. The van der Waals surface area contributed by atoms with E-state index in [4.69, 9.17) is 21.1 Å². The maximum Gasteiger partial charge on any atom is 0.340 e. The van der Waals surface area contributed by atoms with Crippen molar-refractivity contribution in [1.82, 2.24) is 9.80 Å². The molecule has 0 aromatic heterocycles. The van der Waals surface area contributed by atoms with Crippen molar-refractivity contribution in [2.24, 2.45) is 11.8 Å². The van der Waals surface area contributed by atoms with Gasteiger partial charge in [0.05, 0.1) is 36.3 Å². The molecule has 1 aliphatic carbocycles. The molecule has 51 heavy (non-hydrogen) atoms. The molecule has 278 valence electrons. The molecular formula is C38H50ClN3O8S. The highest BCUT2D eigenvalue weighted by molar-refractivity contribution is 7.91. The van der Waals surface area contributed by atoms with Gasteiger partial charge >= 0.3 is 5.97 Å².